The van der Waals surface area contributed by atoms with Gasteiger partial charge in [0.05, 0.1) is 31.3 Å². The van der Waals surface area contributed by atoms with Crippen LogP contribution >= 0.6 is 11.3 Å². The molecule has 0 spiro atoms. The molecular formula is C25H24F2N2O7S. The minimum Gasteiger partial charge on any atom is -0.462 e. The number of hydrogen-bond acceptors (Lipinski definition) is 8. The molecule has 12 heteroatoms. The number of benzene rings is 2. The van der Waals surface area contributed by atoms with Crippen LogP contribution in [0, 0.1) is 21.7 Å². The zero-order chi connectivity index (χ0) is 27.1. The van der Waals surface area contributed by atoms with Crippen molar-refractivity contribution >= 4 is 34.1 Å². The number of aliphatic hydroxyl groups excluding tert-OH is 1. The van der Waals surface area contributed by atoms with Gasteiger partial charge in [0.25, 0.3) is 5.69 Å². The first kappa shape index (κ1) is 27.7. The molecule has 0 saturated carbocycles. The number of non-ortho nitro benzene ring substituents is 1. The van der Waals surface area contributed by atoms with Gasteiger partial charge in [-0.1, -0.05) is 13.0 Å². The van der Waals surface area contributed by atoms with Gasteiger partial charge in [-0.15, -0.1) is 11.3 Å². The average Bonchev–Trinajstić information content (AvgIpc) is 3.26. The van der Waals surface area contributed by atoms with Crippen LogP contribution in [-0.4, -0.2) is 35.3 Å². The molecule has 1 heterocycles. The monoisotopic (exact) mass is 534 g/mol. The summed E-state index contributed by atoms with van der Waals surface area (Å²) in [5.41, 5.74) is -0.268. The Labute approximate surface area is 215 Å². The summed E-state index contributed by atoms with van der Waals surface area (Å²) in [4.78, 5) is 37.8. The molecule has 0 aliphatic carbocycles. The van der Waals surface area contributed by atoms with E-state index >= 15 is 0 Å². The number of halogens is 2. The molecule has 1 amide bonds. The van der Waals surface area contributed by atoms with Gasteiger partial charge < -0.3 is 14.6 Å². The summed E-state index contributed by atoms with van der Waals surface area (Å²) in [6.45, 7) is 2.06. The normalized spacial score (nSPS) is 10.7. The number of hydrogen-bond donors (Lipinski definition) is 1. The fraction of sp³-hybridized carbons (Fsp3) is 0.280. The van der Waals surface area contributed by atoms with Gasteiger partial charge in [-0.05, 0) is 43.2 Å². The molecule has 0 radical (unpaired) electrons. The summed E-state index contributed by atoms with van der Waals surface area (Å²) in [7, 11) is 0. The Morgan fingerprint density at radius 3 is 2.24 bits per heavy atom. The number of esters is 1. The zero-order valence-electron chi connectivity index (χ0n) is 20.0. The van der Waals surface area contributed by atoms with Crippen LogP contribution in [0.4, 0.5) is 24.3 Å². The van der Waals surface area contributed by atoms with Gasteiger partial charge in [0.2, 0.25) is 0 Å². The van der Waals surface area contributed by atoms with Crippen LogP contribution in [0.5, 0.6) is 0 Å². The predicted octanol–water partition coefficient (Wildman–Crippen LogP) is 5.82. The Morgan fingerprint density at radius 1 is 1.05 bits per heavy atom. The number of nitrogens with zero attached hydrogens (tertiary/aromatic N) is 2. The molecule has 1 aromatic heterocycles. The van der Waals surface area contributed by atoms with E-state index < -0.39 is 47.3 Å². The highest BCUT2D eigenvalue weighted by Gasteiger charge is 2.33. The van der Waals surface area contributed by atoms with Gasteiger partial charge in [0, 0.05) is 28.1 Å². The number of thiophene rings is 1. The molecule has 0 aliphatic rings. The molecule has 0 unspecified atom stereocenters. The molecule has 0 fully saturated rings. The van der Waals surface area contributed by atoms with Crippen molar-refractivity contribution in [2.45, 2.75) is 33.4 Å². The Balaban J connectivity index is 2.24. The first-order valence-corrected chi connectivity index (χ1v) is 12.1. The molecular weight excluding hydrogens is 510 g/mol. The average molecular weight is 535 g/mol. The van der Waals surface area contributed by atoms with Crippen molar-refractivity contribution < 1.29 is 37.9 Å². The largest absolute Gasteiger partial charge is 0.462 e. The summed E-state index contributed by atoms with van der Waals surface area (Å²) in [6.07, 6.45) is -0.491. The maximum absolute atomic E-state index is 14.5. The third kappa shape index (κ3) is 6.09. The predicted molar refractivity (Wildman–Crippen MR) is 132 cm³/mol. The molecule has 0 saturated heterocycles. The standard InChI is InChI=1S/C25H24F2N2O7S/c1-3-12-36-25(32)28(13-17-19(26)6-5-7-20(17)27)23-21(24(31)35-4-2)18(14-30)22(37-23)15-8-10-16(11-9-15)29(33)34/h5-11,30H,3-4,12-14H2,1-2H3. The fourth-order valence-corrected chi connectivity index (χ4v) is 4.80. The molecule has 0 bridgehead atoms. The molecule has 196 valence electrons. The van der Waals surface area contributed by atoms with Gasteiger partial charge in [-0.25, -0.2) is 18.4 Å². The lowest BCUT2D eigenvalue weighted by Crippen LogP contribution is -2.32. The molecule has 2 aromatic carbocycles. The van der Waals surface area contributed by atoms with Crippen molar-refractivity contribution in [1.29, 1.82) is 0 Å². The maximum Gasteiger partial charge on any atom is 0.415 e. The molecule has 0 atom stereocenters. The minimum atomic E-state index is -0.962. The van der Waals surface area contributed by atoms with E-state index in [1.54, 1.807) is 13.8 Å². The zero-order valence-corrected chi connectivity index (χ0v) is 20.8. The van der Waals surface area contributed by atoms with Gasteiger partial charge in [0.1, 0.15) is 22.2 Å². The van der Waals surface area contributed by atoms with E-state index in [1.165, 1.54) is 30.3 Å². The van der Waals surface area contributed by atoms with Gasteiger partial charge in [-0.2, -0.15) is 0 Å². The Morgan fingerprint density at radius 2 is 1.70 bits per heavy atom. The quantitative estimate of drug-likeness (QED) is 0.198. The van der Waals surface area contributed by atoms with Crippen LogP contribution in [0.1, 0.15) is 41.8 Å². The van der Waals surface area contributed by atoms with E-state index in [9.17, 15) is 33.6 Å². The van der Waals surface area contributed by atoms with Crippen molar-refractivity contribution in [2.24, 2.45) is 0 Å². The number of ether oxygens (including phenoxy) is 2. The second-order valence-corrected chi connectivity index (χ2v) is 8.67. The summed E-state index contributed by atoms with van der Waals surface area (Å²) in [5.74, 6) is -2.67. The molecule has 37 heavy (non-hydrogen) atoms. The Hall–Kier alpha value is -3.90. The van der Waals surface area contributed by atoms with E-state index in [-0.39, 0.29) is 35.0 Å². The molecule has 3 aromatic rings. The Kier molecular flexibility index (Phi) is 9.25. The van der Waals surface area contributed by atoms with E-state index in [2.05, 4.69) is 0 Å². The third-order valence-electron chi connectivity index (χ3n) is 5.24. The van der Waals surface area contributed by atoms with Crippen LogP contribution in [0.25, 0.3) is 10.4 Å². The highest BCUT2D eigenvalue weighted by Crippen LogP contribution is 2.44. The van der Waals surface area contributed by atoms with Crippen LogP contribution in [-0.2, 0) is 22.6 Å². The lowest BCUT2D eigenvalue weighted by atomic mass is 10.0. The maximum atomic E-state index is 14.5. The van der Waals surface area contributed by atoms with Gasteiger partial charge >= 0.3 is 12.1 Å². The number of rotatable bonds is 10. The first-order chi connectivity index (χ1) is 17.7. The SMILES string of the molecule is CCCOC(=O)N(Cc1c(F)cccc1F)c1sc(-c2ccc([N+](=O)[O-])cc2)c(CO)c1C(=O)OCC. The fourth-order valence-electron chi connectivity index (χ4n) is 3.50. The van der Waals surface area contributed by atoms with Crippen LogP contribution < -0.4 is 4.90 Å². The number of carbonyl (C=O) groups excluding carboxylic acids is 2. The molecule has 9 nitrogen and oxygen atoms in total. The van der Waals surface area contributed by atoms with Crippen LogP contribution in [0.15, 0.2) is 42.5 Å². The van der Waals surface area contributed by atoms with Crippen molar-refractivity contribution in [3.63, 3.8) is 0 Å². The topological polar surface area (TPSA) is 119 Å². The van der Waals surface area contributed by atoms with Gasteiger partial charge in [-0.3, -0.25) is 15.0 Å². The first-order valence-electron chi connectivity index (χ1n) is 11.3. The van der Waals surface area contributed by atoms with Crippen molar-refractivity contribution in [3.05, 3.63) is 80.9 Å². The van der Waals surface area contributed by atoms with E-state index in [1.807, 2.05) is 0 Å². The lowest BCUT2D eigenvalue weighted by Gasteiger charge is -2.22. The van der Waals surface area contributed by atoms with E-state index in [0.29, 0.717) is 16.9 Å². The molecule has 0 aliphatic heterocycles. The minimum absolute atomic E-state index is 0.0112. The molecule has 1 N–H and O–H groups in total. The second kappa shape index (κ2) is 12.4. The third-order valence-corrected chi connectivity index (χ3v) is 6.54. The van der Waals surface area contributed by atoms with Crippen LogP contribution in [0.3, 0.4) is 0 Å². The van der Waals surface area contributed by atoms with Crippen LogP contribution in [0.2, 0.25) is 0 Å². The van der Waals surface area contributed by atoms with E-state index in [0.717, 1.165) is 28.4 Å². The summed E-state index contributed by atoms with van der Waals surface area (Å²) < 4.78 is 39.5. The summed E-state index contributed by atoms with van der Waals surface area (Å²) in [5, 5.41) is 21.2. The van der Waals surface area contributed by atoms with Gasteiger partial charge in [0.15, 0.2) is 0 Å². The number of amides is 1. The van der Waals surface area contributed by atoms with Crippen molar-refractivity contribution in [3.8, 4) is 10.4 Å². The highest BCUT2D eigenvalue weighted by molar-refractivity contribution is 7.20. The van der Waals surface area contributed by atoms with E-state index in [4.69, 9.17) is 9.47 Å². The number of anilines is 1. The summed E-state index contributed by atoms with van der Waals surface area (Å²) in [6, 6.07) is 8.62. The highest BCUT2D eigenvalue weighted by atomic mass is 32.1. The van der Waals surface area contributed by atoms with Crippen molar-refractivity contribution in [2.75, 3.05) is 18.1 Å². The molecule has 3 rings (SSSR count). The number of carbonyl (C=O) groups is 2. The summed E-state index contributed by atoms with van der Waals surface area (Å²) >= 11 is 0.883. The number of aliphatic hydroxyl groups is 1. The lowest BCUT2D eigenvalue weighted by molar-refractivity contribution is -0.384. The number of nitro benzene ring substituents is 1. The smallest absolute Gasteiger partial charge is 0.415 e. The van der Waals surface area contributed by atoms with Crippen molar-refractivity contribution in [1.82, 2.24) is 0 Å². The number of nitro groups is 1. The Bertz CT molecular complexity index is 1270. The second-order valence-electron chi connectivity index (χ2n) is 7.67.